The molecule has 6 heteroatoms. The SMILES string of the molecule is Cc1cnccc1-c1cccc([C@H](C)NS(=O)(=O)c2ccccc2N)c1. The van der Waals surface area contributed by atoms with Crippen LogP contribution in [0.1, 0.15) is 24.1 Å². The normalized spacial score (nSPS) is 12.7. The fourth-order valence-corrected chi connectivity index (χ4v) is 4.23. The number of para-hydroxylation sites is 1. The number of anilines is 1. The van der Waals surface area contributed by atoms with Gasteiger partial charge in [0.15, 0.2) is 0 Å². The first kappa shape index (κ1) is 18.1. The maximum atomic E-state index is 12.6. The van der Waals surface area contributed by atoms with Gasteiger partial charge in [-0.25, -0.2) is 13.1 Å². The lowest BCUT2D eigenvalue weighted by Gasteiger charge is -2.17. The van der Waals surface area contributed by atoms with Gasteiger partial charge in [-0.15, -0.1) is 0 Å². The van der Waals surface area contributed by atoms with Crippen LogP contribution in [0.2, 0.25) is 0 Å². The number of aryl methyl sites for hydroxylation is 1. The Balaban J connectivity index is 1.89. The van der Waals surface area contributed by atoms with Crippen LogP contribution in [0, 0.1) is 6.92 Å². The first-order valence-corrected chi connectivity index (χ1v) is 9.74. The van der Waals surface area contributed by atoms with E-state index in [-0.39, 0.29) is 10.6 Å². The molecule has 1 atom stereocenters. The molecule has 3 aromatic rings. The Morgan fingerprint density at radius 3 is 2.58 bits per heavy atom. The molecule has 0 saturated heterocycles. The van der Waals surface area contributed by atoms with Gasteiger partial charge in [0, 0.05) is 18.4 Å². The van der Waals surface area contributed by atoms with Gasteiger partial charge in [0.25, 0.3) is 0 Å². The quantitative estimate of drug-likeness (QED) is 0.674. The molecular weight excluding hydrogens is 346 g/mol. The van der Waals surface area contributed by atoms with Crippen molar-refractivity contribution in [3.63, 3.8) is 0 Å². The number of nitrogens with two attached hydrogens (primary N) is 1. The van der Waals surface area contributed by atoms with Gasteiger partial charge in [-0.3, -0.25) is 4.98 Å². The number of nitrogen functional groups attached to an aromatic ring is 1. The number of hydrogen-bond acceptors (Lipinski definition) is 4. The molecule has 2 aromatic carbocycles. The van der Waals surface area contributed by atoms with E-state index in [2.05, 4.69) is 9.71 Å². The standard InChI is InChI=1S/C20H21N3O2S/c1-14-13-22-11-10-18(14)17-7-5-6-16(12-17)15(2)23-26(24,25)20-9-4-3-8-19(20)21/h3-13,15,23H,21H2,1-2H3/t15-/m0/s1. The number of aromatic nitrogens is 1. The molecule has 0 aliphatic heterocycles. The zero-order valence-corrected chi connectivity index (χ0v) is 15.5. The summed E-state index contributed by atoms with van der Waals surface area (Å²) in [7, 11) is -3.71. The number of hydrogen-bond donors (Lipinski definition) is 2. The fraction of sp³-hybridized carbons (Fsp3) is 0.150. The fourth-order valence-electron chi connectivity index (χ4n) is 2.86. The van der Waals surface area contributed by atoms with E-state index in [9.17, 15) is 8.42 Å². The molecule has 0 amide bonds. The summed E-state index contributed by atoms with van der Waals surface area (Å²) in [5.41, 5.74) is 10.1. The molecule has 0 unspecified atom stereocenters. The van der Waals surface area contributed by atoms with E-state index in [1.807, 2.05) is 50.4 Å². The van der Waals surface area contributed by atoms with Crippen molar-refractivity contribution in [2.24, 2.45) is 0 Å². The number of benzene rings is 2. The van der Waals surface area contributed by atoms with Crippen molar-refractivity contribution in [2.75, 3.05) is 5.73 Å². The van der Waals surface area contributed by atoms with Gasteiger partial charge < -0.3 is 5.73 Å². The Kier molecular flexibility index (Phi) is 5.06. The van der Waals surface area contributed by atoms with Crippen LogP contribution < -0.4 is 10.5 Å². The average Bonchev–Trinajstić information content (AvgIpc) is 2.62. The third-order valence-electron chi connectivity index (χ3n) is 4.26. The zero-order chi connectivity index (χ0) is 18.7. The van der Waals surface area contributed by atoms with Gasteiger partial charge in [-0.2, -0.15) is 0 Å². The Morgan fingerprint density at radius 2 is 1.85 bits per heavy atom. The zero-order valence-electron chi connectivity index (χ0n) is 14.7. The number of pyridine rings is 1. The van der Waals surface area contributed by atoms with Crippen molar-refractivity contribution in [1.29, 1.82) is 0 Å². The van der Waals surface area contributed by atoms with Crippen LogP contribution in [-0.4, -0.2) is 13.4 Å². The van der Waals surface area contributed by atoms with Crippen molar-refractivity contribution < 1.29 is 8.42 Å². The maximum absolute atomic E-state index is 12.6. The Morgan fingerprint density at radius 1 is 1.08 bits per heavy atom. The monoisotopic (exact) mass is 367 g/mol. The lowest BCUT2D eigenvalue weighted by Crippen LogP contribution is -2.27. The van der Waals surface area contributed by atoms with Gasteiger partial charge in [0.1, 0.15) is 4.90 Å². The van der Waals surface area contributed by atoms with Crippen LogP contribution in [0.25, 0.3) is 11.1 Å². The van der Waals surface area contributed by atoms with E-state index in [0.29, 0.717) is 0 Å². The van der Waals surface area contributed by atoms with E-state index in [1.165, 1.54) is 6.07 Å². The van der Waals surface area contributed by atoms with Crippen molar-refractivity contribution >= 4 is 15.7 Å². The Hall–Kier alpha value is -2.70. The molecule has 0 bridgehead atoms. The summed E-state index contributed by atoms with van der Waals surface area (Å²) in [4.78, 5) is 4.21. The number of nitrogens with zero attached hydrogens (tertiary/aromatic N) is 1. The van der Waals surface area contributed by atoms with Crippen molar-refractivity contribution in [1.82, 2.24) is 9.71 Å². The van der Waals surface area contributed by atoms with E-state index in [0.717, 1.165) is 22.3 Å². The highest BCUT2D eigenvalue weighted by Crippen LogP contribution is 2.26. The smallest absolute Gasteiger partial charge is 0.243 e. The molecule has 26 heavy (non-hydrogen) atoms. The first-order chi connectivity index (χ1) is 12.4. The van der Waals surface area contributed by atoms with Gasteiger partial charge >= 0.3 is 0 Å². The van der Waals surface area contributed by atoms with Gasteiger partial charge in [-0.05, 0) is 60.4 Å². The molecule has 3 rings (SSSR count). The Bertz CT molecular complexity index is 1030. The van der Waals surface area contributed by atoms with E-state index < -0.39 is 16.1 Å². The molecule has 1 heterocycles. The molecule has 0 saturated carbocycles. The molecule has 5 nitrogen and oxygen atoms in total. The summed E-state index contributed by atoms with van der Waals surface area (Å²) in [5, 5.41) is 0. The number of sulfonamides is 1. The lowest BCUT2D eigenvalue weighted by molar-refractivity contribution is 0.567. The molecule has 0 aliphatic carbocycles. The second-order valence-electron chi connectivity index (χ2n) is 6.20. The summed E-state index contributed by atoms with van der Waals surface area (Å²) >= 11 is 0. The van der Waals surface area contributed by atoms with Crippen molar-refractivity contribution in [3.05, 3.63) is 78.1 Å². The summed E-state index contributed by atoms with van der Waals surface area (Å²) in [6.45, 7) is 3.81. The second kappa shape index (κ2) is 7.27. The number of nitrogens with one attached hydrogen (secondary N) is 1. The molecule has 0 fully saturated rings. The van der Waals surface area contributed by atoms with Crippen LogP contribution in [0.4, 0.5) is 5.69 Å². The highest BCUT2D eigenvalue weighted by molar-refractivity contribution is 7.89. The minimum atomic E-state index is -3.71. The van der Waals surface area contributed by atoms with Crippen molar-refractivity contribution in [2.45, 2.75) is 24.8 Å². The first-order valence-electron chi connectivity index (χ1n) is 8.26. The van der Waals surface area contributed by atoms with E-state index in [4.69, 9.17) is 5.73 Å². The number of rotatable bonds is 5. The van der Waals surface area contributed by atoms with Crippen LogP contribution in [-0.2, 0) is 10.0 Å². The molecule has 0 radical (unpaired) electrons. The van der Waals surface area contributed by atoms with Gasteiger partial charge in [-0.1, -0.05) is 30.3 Å². The third-order valence-corrected chi connectivity index (χ3v) is 5.87. The van der Waals surface area contributed by atoms with Gasteiger partial charge in [0.05, 0.1) is 5.69 Å². The largest absolute Gasteiger partial charge is 0.398 e. The van der Waals surface area contributed by atoms with Gasteiger partial charge in [0.2, 0.25) is 10.0 Å². The second-order valence-corrected chi connectivity index (χ2v) is 7.88. The summed E-state index contributed by atoms with van der Waals surface area (Å²) in [5.74, 6) is 0. The van der Waals surface area contributed by atoms with Crippen LogP contribution >= 0.6 is 0 Å². The molecule has 0 spiro atoms. The molecular formula is C20H21N3O2S. The van der Waals surface area contributed by atoms with Crippen LogP contribution in [0.15, 0.2) is 71.9 Å². The summed E-state index contributed by atoms with van der Waals surface area (Å²) < 4.78 is 28.0. The topological polar surface area (TPSA) is 85.1 Å². The average molecular weight is 367 g/mol. The molecule has 0 aliphatic rings. The third kappa shape index (κ3) is 3.76. The molecule has 134 valence electrons. The predicted octanol–water partition coefficient (Wildman–Crippen LogP) is 3.68. The molecule has 3 N–H and O–H groups in total. The van der Waals surface area contributed by atoms with Crippen LogP contribution in [0.5, 0.6) is 0 Å². The maximum Gasteiger partial charge on any atom is 0.243 e. The Labute approximate surface area is 154 Å². The summed E-state index contributed by atoms with van der Waals surface area (Å²) in [6.07, 6.45) is 3.56. The minimum absolute atomic E-state index is 0.0907. The highest BCUT2D eigenvalue weighted by Gasteiger charge is 2.20. The minimum Gasteiger partial charge on any atom is -0.398 e. The highest BCUT2D eigenvalue weighted by atomic mass is 32.2. The van der Waals surface area contributed by atoms with Crippen LogP contribution in [0.3, 0.4) is 0 Å². The van der Waals surface area contributed by atoms with E-state index in [1.54, 1.807) is 24.4 Å². The van der Waals surface area contributed by atoms with E-state index >= 15 is 0 Å². The predicted molar refractivity (Wildman–Crippen MR) is 104 cm³/mol. The molecule has 1 aromatic heterocycles. The summed E-state index contributed by atoms with van der Waals surface area (Å²) in [6, 6.07) is 15.8. The lowest BCUT2D eigenvalue weighted by atomic mass is 9.99. The van der Waals surface area contributed by atoms with Crippen molar-refractivity contribution in [3.8, 4) is 11.1 Å².